The fourth-order valence-corrected chi connectivity index (χ4v) is 2.73. The zero-order valence-corrected chi connectivity index (χ0v) is 19.4. The summed E-state index contributed by atoms with van der Waals surface area (Å²) in [6, 6.07) is 17.4. The number of carbonyl (C=O) groups is 1. The fourth-order valence-electron chi connectivity index (χ4n) is 2.73. The first-order valence-corrected chi connectivity index (χ1v) is 9.76. The molecule has 0 aliphatic heterocycles. The van der Waals surface area contributed by atoms with Crippen molar-refractivity contribution in [2.24, 2.45) is 4.99 Å². The second-order valence-corrected chi connectivity index (χ2v) is 6.44. The monoisotopic (exact) mass is 510 g/mol. The number of guanidine groups is 1. The summed E-state index contributed by atoms with van der Waals surface area (Å²) in [5.74, 6) is 0.384. The first kappa shape index (κ1) is 24.9. The number of aliphatic hydroxyl groups is 1. The van der Waals surface area contributed by atoms with Crippen molar-refractivity contribution in [1.82, 2.24) is 10.6 Å². The number of halogens is 1. The van der Waals surface area contributed by atoms with Crippen molar-refractivity contribution >= 4 is 41.5 Å². The van der Waals surface area contributed by atoms with Crippen molar-refractivity contribution in [2.75, 3.05) is 25.0 Å². The predicted molar refractivity (Wildman–Crippen MR) is 130 cm³/mol. The van der Waals surface area contributed by atoms with Gasteiger partial charge in [-0.2, -0.15) is 0 Å². The highest BCUT2D eigenvalue weighted by atomic mass is 127. The molecule has 0 aromatic heterocycles. The standard InChI is InChI=1S/C22H30N4O2.HI/c1-3-17-9-8-12-19(15-17)26-21(28)16-25-22(23-4-2)24-14-13-20(27)18-10-6-5-7-11-18;/h5-12,15,20,27H,3-4,13-14,16H2,1-2H3,(H,26,28)(H2,23,24,25);1H. The summed E-state index contributed by atoms with van der Waals surface area (Å²) in [6.45, 7) is 5.29. The van der Waals surface area contributed by atoms with E-state index in [1.165, 1.54) is 5.56 Å². The number of nitrogens with one attached hydrogen (secondary N) is 3. The Morgan fingerprint density at radius 1 is 1.07 bits per heavy atom. The van der Waals surface area contributed by atoms with E-state index in [1.54, 1.807) is 0 Å². The first-order chi connectivity index (χ1) is 13.6. The number of benzene rings is 2. The molecule has 0 saturated carbocycles. The number of hydrogen-bond donors (Lipinski definition) is 4. The van der Waals surface area contributed by atoms with Crippen molar-refractivity contribution in [3.05, 3.63) is 65.7 Å². The maximum atomic E-state index is 12.2. The van der Waals surface area contributed by atoms with Gasteiger partial charge in [0, 0.05) is 18.8 Å². The minimum atomic E-state index is -0.536. The van der Waals surface area contributed by atoms with Crippen LogP contribution in [-0.2, 0) is 11.2 Å². The normalized spacial score (nSPS) is 11.9. The van der Waals surface area contributed by atoms with Gasteiger partial charge < -0.3 is 21.1 Å². The lowest BCUT2D eigenvalue weighted by molar-refractivity contribution is -0.114. The summed E-state index contributed by atoms with van der Waals surface area (Å²) >= 11 is 0. The molecule has 6 nitrogen and oxygen atoms in total. The summed E-state index contributed by atoms with van der Waals surface area (Å²) in [7, 11) is 0. The zero-order valence-electron chi connectivity index (χ0n) is 17.0. The highest BCUT2D eigenvalue weighted by molar-refractivity contribution is 14.0. The smallest absolute Gasteiger partial charge is 0.246 e. The largest absolute Gasteiger partial charge is 0.388 e. The van der Waals surface area contributed by atoms with Gasteiger partial charge in [0.05, 0.1) is 6.10 Å². The number of aliphatic imine (C=N–C) groups is 1. The lowest BCUT2D eigenvalue weighted by Gasteiger charge is -2.14. The summed E-state index contributed by atoms with van der Waals surface area (Å²) in [4.78, 5) is 16.5. The third-order valence-electron chi connectivity index (χ3n) is 4.24. The van der Waals surface area contributed by atoms with Crippen LogP contribution in [0, 0.1) is 0 Å². The number of amides is 1. The number of aliphatic hydroxyl groups excluding tert-OH is 1. The second-order valence-electron chi connectivity index (χ2n) is 6.44. The molecule has 158 valence electrons. The van der Waals surface area contributed by atoms with Crippen LogP contribution in [0.25, 0.3) is 0 Å². The molecule has 0 aliphatic carbocycles. The van der Waals surface area contributed by atoms with E-state index in [0.29, 0.717) is 25.5 Å². The number of rotatable bonds is 9. The third-order valence-corrected chi connectivity index (χ3v) is 4.24. The van der Waals surface area contributed by atoms with Crippen molar-refractivity contribution in [3.8, 4) is 0 Å². The van der Waals surface area contributed by atoms with Crippen molar-refractivity contribution in [3.63, 3.8) is 0 Å². The van der Waals surface area contributed by atoms with Crippen LogP contribution in [0.1, 0.15) is 37.5 Å². The van der Waals surface area contributed by atoms with Crippen LogP contribution in [0.15, 0.2) is 59.6 Å². The van der Waals surface area contributed by atoms with Crippen LogP contribution in [0.5, 0.6) is 0 Å². The van der Waals surface area contributed by atoms with Gasteiger partial charge in [0.15, 0.2) is 5.96 Å². The number of carbonyl (C=O) groups excluding carboxylic acids is 1. The van der Waals surface area contributed by atoms with E-state index in [4.69, 9.17) is 0 Å². The molecule has 2 rings (SSSR count). The Bertz CT molecular complexity index is 768. The molecule has 0 fully saturated rings. The lowest BCUT2D eigenvalue weighted by Crippen LogP contribution is -2.38. The summed E-state index contributed by atoms with van der Waals surface area (Å²) in [5, 5.41) is 19.4. The molecule has 1 atom stereocenters. The number of hydrogen-bond acceptors (Lipinski definition) is 3. The van der Waals surface area contributed by atoms with Crippen LogP contribution in [0.2, 0.25) is 0 Å². The molecule has 1 unspecified atom stereocenters. The Balaban J connectivity index is 0.00000420. The van der Waals surface area contributed by atoms with Crippen LogP contribution >= 0.6 is 24.0 Å². The van der Waals surface area contributed by atoms with Gasteiger partial charge in [0.2, 0.25) is 5.91 Å². The molecule has 0 heterocycles. The number of nitrogens with zero attached hydrogens (tertiary/aromatic N) is 1. The summed E-state index contributed by atoms with van der Waals surface area (Å²) in [5.41, 5.74) is 2.84. The summed E-state index contributed by atoms with van der Waals surface area (Å²) in [6.07, 6.45) is 0.932. The molecular formula is C22H31IN4O2. The van der Waals surface area contributed by atoms with Gasteiger partial charge in [-0.3, -0.25) is 4.79 Å². The van der Waals surface area contributed by atoms with E-state index in [9.17, 15) is 9.90 Å². The molecule has 4 N–H and O–H groups in total. The molecule has 0 aliphatic rings. The third kappa shape index (κ3) is 9.27. The molecule has 0 spiro atoms. The van der Waals surface area contributed by atoms with E-state index in [2.05, 4.69) is 27.9 Å². The molecule has 0 saturated heterocycles. The Hall–Kier alpha value is -2.13. The van der Waals surface area contributed by atoms with Gasteiger partial charge in [-0.1, -0.05) is 49.4 Å². The van der Waals surface area contributed by atoms with E-state index < -0.39 is 6.10 Å². The maximum Gasteiger partial charge on any atom is 0.246 e. The molecule has 29 heavy (non-hydrogen) atoms. The minimum absolute atomic E-state index is 0. The number of aryl methyl sites for hydroxylation is 1. The first-order valence-electron chi connectivity index (χ1n) is 9.76. The molecule has 1 amide bonds. The minimum Gasteiger partial charge on any atom is -0.388 e. The SMILES string of the molecule is CCNC(=NCC(=O)Nc1cccc(CC)c1)NCCC(O)c1ccccc1.I. The average molecular weight is 510 g/mol. The maximum absolute atomic E-state index is 12.2. The van der Waals surface area contributed by atoms with Crippen LogP contribution in [0.3, 0.4) is 0 Å². The van der Waals surface area contributed by atoms with Gasteiger partial charge in [0.25, 0.3) is 0 Å². The molecule has 0 radical (unpaired) electrons. The Morgan fingerprint density at radius 2 is 1.83 bits per heavy atom. The van der Waals surface area contributed by atoms with E-state index in [0.717, 1.165) is 17.7 Å². The van der Waals surface area contributed by atoms with Gasteiger partial charge in [0.1, 0.15) is 6.54 Å². The molecule has 7 heteroatoms. The molecule has 2 aromatic carbocycles. The highest BCUT2D eigenvalue weighted by Gasteiger charge is 2.08. The Labute approximate surface area is 190 Å². The van der Waals surface area contributed by atoms with Gasteiger partial charge in [-0.05, 0) is 43.0 Å². The topological polar surface area (TPSA) is 85.8 Å². The van der Waals surface area contributed by atoms with Crippen molar-refractivity contribution < 1.29 is 9.90 Å². The Kier molecular flexibility index (Phi) is 12.0. The van der Waals surface area contributed by atoms with Crippen molar-refractivity contribution in [2.45, 2.75) is 32.8 Å². The molecule has 2 aromatic rings. The van der Waals surface area contributed by atoms with Gasteiger partial charge in [-0.15, -0.1) is 24.0 Å². The Morgan fingerprint density at radius 3 is 2.52 bits per heavy atom. The van der Waals surface area contributed by atoms with E-state index in [1.807, 2.05) is 61.5 Å². The average Bonchev–Trinajstić information content (AvgIpc) is 2.72. The van der Waals surface area contributed by atoms with E-state index >= 15 is 0 Å². The quantitative estimate of drug-likeness (QED) is 0.237. The highest BCUT2D eigenvalue weighted by Crippen LogP contribution is 2.14. The van der Waals surface area contributed by atoms with Gasteiger partial charge in [-0.25, -0.2) is 4.99 Å². The summed E-state index contributed by atoms with van der Waals surface area (Å²) < 4.78 is 0. The van der Waals surface area contributed by atoms with E-state index in [-0.39, 0.29) is 36.4 Å². The zero-order chi connectivity index (χ0) is 20.2. The molecular weight excluding hydrogens is 479 g/mol. The number of anilines is 1. The van der Waals surface area contributed by atoms with Crippen LogP contribution in [0.4, 0.5) is 5.69 Å². The van der Waals surface area contributed by atoms with Crippen LogP contribution < -0.4 is 16.0 Å². The van der Waals surface area contributed by atoms with Crippen molar-refractivity contribution in [1.29, 1.82) is 0 Å². The molecule has 0 bridgehead atoms. The fraction of sp³-hybridized carbons (Fsp3) is 0.364. The predicted octanol–water partition coefficient (Wildman–Crippen LogP) is 3.48. The lowest BCUT2D eigenvalue weighted by atomic mass is 10.1. The second kappa shape index (κ2) is 13.9. The van der Waals surface area contributed by atoms with Crippen LogP contribution in [-0.4, -0.2) is 36.6 Å². The van der Waals surface area contributed by atoms with Gasteiger partial charge >= 0.3 is 0 Å².